The van der Waals surface area contributed by atoms with Crippen molar-refractivity contribution in [1.82, 2.24) is 15.0 Å². The third-order valence-electron chi connectivity index (χ3n) is 4.32. The van der Waals surface area contributed by atoms with Gasteiger partial charge in [0.2, 0.25) is 5.91 Å². The molecule has 1 aromatic carbocycles. The molecule has 0 atom stereocenters. The highest BCUT2D eigenvalue weighted by Crippen LogP contribution is 2.33. The molecular formula is C17H18N4O2S. The molecule has 1 amide bonds. The lowest BCUT2D eigenvalue weighted by atomic mass is 9.97. The van der Waals surface area contributed by atoms with Crippen LogP contribution < -0.4 is 5.32 Å². The van der Waals surface area contributed by atoms with Gasteiger partial charge in [-0.2, -0.15) is 0 Å². The van der Waals surface area contributed by atoms with Crippen molar-refractivity contribution in [2.45, 2.75) is 18.8 Å². The van der Waals surface area contributed by atoms with Crippen LogP contribution in [0.1, 0.15) is 23.8 Å². The molecule has 0 aliphatic carbocycles. The Morgan fingerprint density at radius 2 is 2.12 bits per heavy atom. The lowest BCUT2D eigenvalue weighted by molar-refractivity contribution is -0.117. The average Bonchev–Trinajstić information content (AvgIpc) is 3.24. The molecule has 0 spiro atoms. The number of amides is 1. The topological polar surface area (TPSA) is 71.3 Å². The third-order valence-corrected chi connectivity index (χ3v) is 5.52. The summed E-state index contributed by atoms with van der Waals surface area (Å²) in [6.07, 6.45) is 3.52. The van der Waals surface area contributed by atoms with E-state index in [1.54, 1.807) is 17.4 Å². The maximum absolute atomic E-state index is 12.0. The molecule has 0 radical (unpaired) electrons. The number of hydrogen-bond acceptors (Lipinski definition) is 6. The number of piperidine rings is 1. The molecule has 0 bridgehead atoms. The second-order valence-electron chi connectivity index (χ2n) is 6.00. The Morgan fingerprint density at radius 1 is 1.29 bits per heavy atom. The van der Waals surface area contributed by atoms with Crippen LogP contribution in [0.25, 0.3) is 10.2 Å². The first kappa shape index (κ1) is 15.3. The monoisotopic (exact) mass is 342 g/mol. The number of nitrogens with one attached hydrogen (secondary N) is 1. The van der Waals surface area contributed by atoms with Crippen molar-refractivity contribution >= 4 is 33.3 Å². The van der Waals surface area contributed by atoms with E-state index in [1.807, 2.05) is 6.07 Å². The molecule has 7 heteroatoms. The van der Waals surface area contributed by atoms with Crippen LogP contribution in [0, 0.1) is 0 Å². The van der Waals surface area contributed by atoms with Crippen molar-refractivity contribution in [3.8, 4) is 0 Å². The molecule has 0 saturated carbocycles. The van der Waals surface area contributed by atoms with Gasteiger partial charge in [0.05, 0.1) is 21.8 Å². The van der Waals surface area contributed by atoms with E-state index in [-0.39, 0.29) is 5.91 Å². The molecule has 6 nitrogen and oxygen atoms in total. The number of anilines is 1. The number of aromatic nitrogens is 2. The van der Waals surface area contributed by atoms with E-state index in [4.69, 9.17) is 9.51 Å². The van der Waals surface area contributed by atoms with E-state index in [2.05, 4.69) is 33.6 Å². The maximum Gasteiger partial charge on any atom is 0.239 e. The van der Waals surface area contributed by atoms with Gasteiger partial charge in [-0.3, -0.25) is 9.69 Å². The molecule has 1 N–H and O–H groups in total. The first-order chi connectivity index (χ1) is 11.8. The second-order valence-corrected chi connectivity index (χ2v) is 7.07. The normalized spacial score (nSPS) is 16.5. The Labute approximate surface area is 143 Å². The summed E-state index contributed by atoms with van der Waals surface area (Å²) in [7, 11) is 0. The molecule has 124 valence electrons. The molecule has 4 rings (SSSR count). The number of para-hydroxylation sites is 1. The Hall–Kier alpha value is -2.25. The minimum atomic E-state index is -0.0534. The van der Waals surface area contributed by atoms with Crippen molar-refractivity contribution in [2.75, 3.05) is 25.0 Å². The largest absolute Gasteiger partial charge is 0.363 e. The Bertz CT molecular complexity index is 789. The van der Waals surface area contributed by atoms with Gasteiger partial charge in [-0.05, 0) is 38.1 Å². The third kappa shape index (κ3) is 3.32. The standard InChI is InChI=1S/C17H18N4O2S/c22-16(19-15-7-10-23-20-15)11-21-8-5-12(6-9-21)17-18-13-3-1-2-4-14(13)24-17/h1-4,7,10,12H,5-6,8-9,11H2,(H,19,20,22). The highest BCUT2D eigenvalue weighted by atomic mass is 32.1. The molecule has 1 saturated heterocycles. The highest BCUT2D eigenvalue weighted by Gasteiger charge is 2.24. The summed E-state index contributed by atoms with van der Waals surface area (Å²) in [5.41, 5.74) is 1.09. The van der Waals surface area contributed by atoms with Crippen LogP contribution in [0.15, 0.2) is 41.1 Å². The van der Waals surface area contributed by atoms with Crippen LogP contribution in [-0.2, 0) is 4.79 Å². The van der Waals surface area contributed by atoms with Gasteiger partial charge in [0.25, 0.3) is 0 Å². The van der Waals surface area contributed by atoms with Crippen LogP contribution in [0.2, 0.25) is 0 Å². The van der Waals surface area contributed by atoms with Crippen LogP contribution in [0.3, 0.4) is 0 Å². The SMILES string of the molecule is O=C(CN1CCC(c2nc3ccccc3s2)CC1)Nc1ccon1. The Kier molecular flexibility index (Phi) is 4.27. The van der Waals surface area contributed by atoms with Gasteiger partial charge >= 0.3 is 0 Å². The van der Waals surface area contributed by atoms with Gasteiger partial charge in [-0.15, -0.1) is 11.3 Å². The van der Waals surface area contributed by atoms with Gasteiger partial charge in [-0.1, -0.05) is 17.3 Å². The van der Waals surface area contributed by atoms with Crippen molar-refractivity contribution in [3.05, 3.63) is 41.6 Å². The van der Waals surface area contributed by atoms with E-state index in [0.29, 0.717) is 18.3 Å². The lowest BCUT2D eigenvalue weighted by Crippen LogP contribution is -2.38. The Morgan fingerprint density at radius 3 is 2.88 bits per heavy atom. The first-order valence-corrected chi connectivity index (χ1v) is 8.87. The van der Waals surface area contributed by atoms with Gasteiger partial charge in [0.15, 0.2) is 5.82 Å². The van der Waals surface area contributed by atoms with Gasteiger partial charge in [-0.25, -0.2) is 4.98 Å². The Balaban J connectivity index is 1.32. The molecule has 1 aliphatic heterocycles. The van der Waals surface area contributed by atoms with E-state index >= 15 is 0 Å². The summed E-state index contributed by atoms with van der Waals surface area (Å²) in [5, 5.41) is 7.65. The zero-order valence-electron chi connectivity index (χ0n) is 13.1. The van der Waals surface area contributed by atoms with E-state index in [1.165, 1.54) is 16.0 Å². The van der Waals surface area contributed by atoms with Gasteiger partial charge < -0.3 is 9.84 Å². The van der Waals surface area contributed by atoms with Crippen molar-refractivity contribution < 1.29 is 9.32 Å². The summed E-state index contributed by atoms with van der Waals surface area (Å²) in [4.78, 5) is 19.0. The summed E-state index contributed by atoms with van der Waals surface area (Å²) >= 11 is 1.79. The van der Waals surface area contributed by atoms with E-state index in [9.17, 15) is 4.79 Å². The van der Waals surface area contributed by atoms with Crippen molar-refractivity contribution in [3.63, 3.8) is 0 Å². The first-order valence-electron chi connectivity index (χ1n) is 8.06. The van der Waals surface area contributed by atoms with Crippen molar-refractivity contribution in [1.29, 1.82) is 0 Å². The van der Waals surface area contributed by atoms with Crippen molar-refractivity contribution in [2.24, 2.45) is 0 Å². The maximum atomic E-state index is 12.0. The highest BCUT2D eigenvalue weighted by molar-refractivity contribution is 7.18. The summed E-state index contributed by atoms with van der Waals surface area (Å²) in [5.74, 6) is 0.906. The van der Waals surface area contributed by atoms with Crippen LogP contribution >= 0.6 is 11.3 Å². The minimum Gasteiger partial charge on any atom is -0.363 e. The number of carbonyl (C=O) groups excluding carboxylic acids is 1. The fourth-order valence-electron chi connectivity index (χ4n) is 3.07. The summed E-state index contributed by atoms with van der Waals surface area (Å²) < 4.78 is 5.96. The fourth-order valence-corrected chi connectivity index (χ4v) is 4.20. The zero-order valence-corrected chi connectivity index (χ0v) is 14.0. The fraction of sp³-hybridized carbons (Fsp3) is 0.353. The smallest absolute Gasteiger partial charge is 0.239 e. The number of fused-ring (bicyclic) bond motifs is 1. The number of benzene rings is 1. The predicted octanol–water partition coefficient (Wildman–Crippen LogP) is 3.10. The average molecular weight is 342 g/mol. The van der Waals surface area contributed by atoms with Crippen LogP contribution in [0.4, 0.5) is 5.82 Å². The lowest BCUT2D eigenvalue weighted by Gasteiger charge is -2.30. The minimum absolute atomic E-state index is 0.0534. The number of likely N-dealkylation sites (tertiary alicyclic amines) is 1. The predicted molar refractivity (Wildman–Crippen MR) is 93.2 cm³/mol. The second kappa shape index (κ2) is 6.70. The molecule has 24 heavy (non-hydrogen) atoms. The van der Waals surface area contributed by atoms with Gasteiger partial charge in [0, 0.05) is 12.0 Å². The molecule has 0 unspecified atom stereocenters. The summed E-state index contributed by atoms with van der Waals surface area (Å²) in [6.45, 7) is 2.21. The number of hydrogen-bond donors (Lipinski definition) is 1. The molecular weight excluding hydrogens is 324 g/mol. The molecule has 3 heterocycles. The molecule has 1 aliphatic rings. The quantitative estimate of drug-likeness (QED) is 0.789. The number of thiazole rings is 1. The molecule has 3 aromatic rings. The molecule has 2 aromatic heterocycles. The summed E-state index contributed by atoms with van der Waals surface area (Å²) in [6, 6.07) is 9.91. The number of rotatable bonds is 4. The van der Waals surface area contributed by atoms with Gasteiger partial charge in [0.1, 0.15) is 6.26 Å². The van der Waals surface area contributed by atoms with E-state index in [0.717, 1.165) is 31.4 Å². The molecule has 1 fully saturated rings. The number of carbonyl (C=O) groups is 1. The van der Waals surface area contributed by atoms with Crippen LogP contribution in [0.5, 0.6) is 0 Å². The number of nitrogens with zero attached hydrogens (tertiary/aromatic N) is 3. The zero-order chi connectivity index (χ0) is 16.4. The van der Waals surface area contributed by atoms with Crippen LogP contribution in [-0.4, -0.2) is 40.6 Å². The van der Waals surface area contributed by atoms with E-state index < -0.39 is 0 Å².